The van der Waals surface area contributed by atoms with E-state index in [2.05, 4.69) is 5.32 Å². The number of phenols is 2. The molecule has 3 aliphatic rings. The maximum absolute atomic E-state index is 15.7. The van der Waals surface area contributed by atoms with Gasteiger partial charge in [0.2, 0.25) is 5.82 Å². The van der Waals surface area contributed by atoms with E-state index >= 15 is 13.2 Å². The van der Waals surface area contributed by atoms with Crippen LogP contribution < -0.4 is 24.6 Å². The van der Waals surface area contributed by atoms with Crippen LogP contribution in [0.1, 0.15) is 33.7 Å². The quantitative estimate of drug-likeness (QED) is 0.0364. The SMILES string of the molecule is N#Cc1ccc(C(NS(=O)(=O)c2cc3c(F)c(F)c(OCC[N+]45CC[N+](CCCNC(=O)c6cccc(O)c6O)(CC4)CC5)c(F)c3s2)P(=O)([O-])[O-])cc1F. The molecule has 14 nitrogen and oxygen atoms in total. The van der Waals surface area contributed by atoms with Crippen LogP contribution in [0.3, 0.4) is 0 Å². The third-order valence-electron chi connectivity index (χ3n) is 10.3. The number of nitrogens with zero attached hydrogens (tertiary/aromatic N) is 3. The smallest absolute Gasteiger partial charge is 0.255 e. The lowest BCUT2D eigenvalue weighted by Crippen LogP contribution is -2.75. The molecule has 0 saturated carbocycles. The molecular formula is C34H34F4N5O9PS2. The van der Waals surface area contributed by atoms with Crippen LogP contribution in [0, 0.1) is 34.6 Å². The number of phenolic OH excluding ortho intramolecular Hbond substituents is 2. The second kappa shape index (κ2) is 15.3. The van der Waals surface area contributed by atoms with Gasteiger partial charge in [0, 0.05) is 18.4 Å². The van der Waals surface area contributed by atoms with Gasteiger partial charge in [-0.1, -0.05) is 12.1 Å². The average Bonchev–Trinajstić information content (AvgIpc) is 3.62. The molecule has 21 heteroatoms. The molecule has 0 radical (unpaired) electrons. The number of carbonyl (C=O) groups excluding carboxylic acids is 1. The number of amides is 1. The second-order valence-electron chi connectivity index (χ2n) is 13.6. The molecule has 1 amide bonds. The topological polar surface area (TPSA) is 212 Å². The van der Waals surface area contributed by atoms with Crippen molar-refractivity contribution in [3.05, 3.63) is 82.4 Å². The Balaban J connectivity index is 1.08. The molecule has 4 heterocycles. The first-order chi connectivity index (χ1) is 25.9. The second-order valence-corrected chi connectivity index (χ2v) is 18.2. The Morgan fingerprint density at radius 3 is 2.25 bits per heavy atom. The number of nitrogens with one attached hydrogen (secondary N) is 2. The Labute approximate surface area is 316 Å². The van der Waals surface area contributed by atoms with Gasteiger partial charge in [-0.15, -0.1) is 11.3 Å². The normalized spacial score (nSPS) is 20.3. The third-order valence-corrected chi connectivity index (χ3v) is 14.6. The highest BCUT2D eigenvalue weighted by atomic mass is 32.2. The Morgan fingerprint density at radius 2 is 1.64 bits per heavy atom. The van der Waals surface area contributed by atoms with E-state index in [0.717, 1.165) is 62.4 Å². The minimum Gasteiger partial charge on any atom is -0.809 e. The number of para-hydroxylation sites is 1. The summed E-state index contributed by atoms with van der Waals surface area (Å²) in [5, 5.41) is 30.5. The van der Waals surface area contributed by atoms with Crippen molar-refractivity contribution in [2.45, 2.75) is 16.4 Å². The number of nitriles is 1. The Bertz CT molecular complexity index is 2350. The van der Waals surface area contributed by atoms with Crippen molar-refractivity contribution in [3.63, 3.8) is 0 Å². The van der Waals surface area contributed by atoms with Gasteiger partial charge in [-0.25, -0.2) is 21.6 Å². The summed E-state index contributed by atoms with van der Waals surface area (Å²) >= 11 is 0.132. The zero-order valence-corrected chi connectivity index (χ0v) is 31.3. The molecule has 0 spiro atoms. The van der Waals surface area contributed by atoms with Gasteiger partial charge >= 0.3 is 0 Å². The van der Waals surface area contributed by atoms with Gasteiger partial charge < -0.3 is 43.6 Å². The maximum Gasteiger partial charge on any atom is 0.255 e. The molecule has 4 aromatic rings. The van der Waals surface area contributed by atoms with Crippen molar-refractivity contribution < 1.29 is 69.0 Å². The molecular weight excluding hydrogens is 794 g/mol. The molecule has 2 bridgehead atoms. The van der Waals surface area contributed by atoms with Crippen molar-refractivity contribution in [1.29, 1.82) is 5.26 Å². The average molecular weight is 828 g/mol. The zero-order valence-electron chi connectivity index (χ0n) is 28.8. The lowest BCUT2D eigenvalue weighted by molar-refractivity contribution is -1.08. The van der Waals surface area contributed by atoms with Crippen LogP contribution in [0.25, 0.3) is 10.1 Å². The minimum atomic E-state index is -5.88. The summed E-state index contributed by atoms with van der Waals surface area (Å²) in [5.41, 5.74) is -1.18. The molecule has 3 saturated heterocycles. The van der Waals surface area contributed by atoms with Crippen LogP contribution in [-0.4, -0.2) is 99.0 Å². The monoisotopic (exact) mass is 827 g/mol. The van der Waals surface area contributed by atoms with E-state index in [0.29, 0.717) is 36.1 Å². The number of halogens is 4. The van der Waals surface area contributed by atoms with Gasteiger partial charge in [-0.05, 0) is 43.5 Å². The lowest BCUT2D eigenvalue weighted by Gasteiger charge is -2.55. The largest absolute Gasteiger partial charge is 0.809 e. The third kappa shape index (κ3) is 8.16. The number of ether oxygens (including phenoxy) is 1. The molecule has 7 rings (SSSR count). The fourth-order valence-electron chi connectivity index (χ4n) is 7.07. The van der Waals surface area contributed by atoms with E-state index in [1.54, 1.807) is 4.72 Å². The van der Waals surface area contributed by atoms with Crippen molar-refractivity contribution >= 4 is 44.9 Å². The molecule has 1 aromatic heterocycles. The maximum atomic E-state index is 15.7. The number of benzene rings is 3. The molecule has 55 heavy (non-hydrogen) atoms. The predicted octanol–water partition coefficient (Wildman–Crippen LogP) is 2.49. The van der Waals surface area contributed by atoms with E-state index in [9.17, 15) is 42.2 Å². The van der Waals surface area contributed by atoms with Crippen LogP contribution in [0.15, 0.2) is 46.7 Å². The van der Waals surface area contributed by atoms with Crippen LogP contribution >= 0.6 is 18.9 Å². The number of rotatable bonds is 14. The van der Waals surface area contributed by atoms with Gasteiger partial charge in [0.25, 0.3) is 15.9 Å². The standard InChI is InChI=1S/C34H34F4N5O9PS2/c35-24-17-20(5-6-21(24)19-39)34(53(47,48)49)41-55(50,51)26-18-23-27(36)28(37)31(29(38)32(23)54-26)52-16-15-43-12-9-42(10-13-43,11-14-43)8-2-7-40-33(46)22-3-1-4-25(44)30(22)45/h1,3-6,17-18,34,41H,2,7-16H2,(H3-2,40,44,45,46,47,48,49). The summed E-state index contributed by atoms with van der Waals surface area (Å²) in [7, 11) is -10.9. The number of thiophene rings is 1. The summed E-state index contributed by atoms with van der Waals surface area (Å²) < 4.78 is 106. The van der Waals surface area contributed by atoms with Crippen LogP contribution in [0.2, 0.25) is 0 Å². The summed E-state index contributed by atoms with van der Waals surface area (Å²) in [6.45, 7) is 5.92. The van der Waals surface area contributed by atoms with Crippen LogP contribution in [0.4, 0.5) is 17.6 Å². The fourth-order valence-corrected chi connectivity index (χ4v) is 11.0. The predicted molar refractivity (Wildman–Crippen MR) is 185 cm³/mol. The molecule has 4 N–H and O–H groups in total. The van der Waals surface area contributed by atoms with Crippen molar-refractivity contribution in [3.8, 4) is 23.3 Å². The highest BCUT2D eigenvalue weighted by Crippen LogP contribution is 2.45. The van der Waals surface area contributed by atoms with Gasteiger partial charge in [-0.3, -0.25) is 4.79 Å². The number of fused-ring (bicyclic) bond motifs is 4. The summed E-state index contributed by atoms with van der Waals surface area (Å²) in [6.07, 6.45) is 0.665. The molecule has 1 unspecified atom stereocenters. The molecule has 3 fully saturated rings. The van der Waals surface area contributed by atoms with E-state index in [4.69, 9.17) is 10.00 Å². The van der Waals surface area contributed by atoms with E-state index < -0.39 is 89.5 Å². The van der Waals surface area contributed by atoms with Gasteiger partial charge in [0.1, 0.15) is 68.5 Å². The first kappa shape index (κ1) is 40.3. The number of carbonyl (C=O) groups is 1. The zero-order chi connectivity index (χ0) is 39.9. The van der Waals surface area contributed by atoms with Crippen molar-refractivity contribution in [2.75, 3.05) is 65.5 Å². The van der Waals surface area contributed by atoms with E-state index in [1.165, 1.54) is 24.3 Å². The van der Waals surface area contributed by atoms with Crippen LogP contribution in [0.5, 0.6) is 17.2 Å². The summed E-state index contributed by atoms with van der Waals surface area (Å²) in [4.78, 5) is 36.5. The highest BCUT2D eigenvalue weighted by Gasteiger charge is 2.48. The molecule has 1 atom stereocenters. The number of hydrogen-bond acceptors (Lipinski definition) is 11. The van der Waals surface area contributed by atoms with Gasteiger partial charge in [0.15, 0.2) is 28.9 Å². The number of piperazine rings is 3. The Morgan fingerprint density at radius 1 is 0.982 bits per heavy atom. The summed E-state index contributed by atoms with van der Waals surface area (Å²) in [5.74, 6) is -10.9. The molecule has 294 valence electrons. The first-order valence-electron chi connectivity index (χ1n) is 16.8. The molecule has 3 aliphatic heterocycles. The number of hydrogen-bond donors (Lipinski definition) is 4. The fraction of sp³-hybridized carbons (Fsp3) is 0.353. The van der Waals surface area contributed by atoms with Crippen molar-refractivity contribution in [2.24, 2.45) is 0 Å². The molecule has 3 aromatic carbocycles. The highest BCUT2D eigenvalue weighted by molar-refractivity contribution is 7.92. The number of aromatic hydroxyl groups is 2. The summed E-state index contributed by atoms with van der Waals surface area (Å²) in [6, 6.07) is 8.38. The van der Waals surface area contributed by atoms with Crippen molar-refractivity contribution in [1.82, 2.24) is 10.0 Å². The van der Waals surface area contributed by atoms with Crippen LogP contribution in [-0.2, 0) is 14.6 Å². The number of quaternary nitrogens is 2. The lowest BCUT2D eigenvalue weighted by atomic mass is 10.1. The van der Waals surface area contributed by atoms with Gasteiger partial charge in [-0.2, -0.15) is 14.4 Å². The molecule has 0 aliphatic carbocycles. The minimum absolute atomic E-state index is 0.0261. The van der Waals surface area contributed by atoms with Gasteiger partial charge in [0.05, 0.1) is 28.2 Å². The Hall–Kier alpha value is -4.32. The van der Waals surface area contributed by atoms with E-state index in [1.807, 2.05) is 0 Å². The van der Waals surface area contributed by atoms with E-state index in [-0.39, 0.29) is 29.3 Å². The number of sulfonamides is 1. The first-order valence-corrected chi connectivity index (χ1v) is 20.8. The Kier molecular flexibility index (Phi) is 11.2.